The number of rotatable bonds is 5. The minimum atomic E-state index is -0.885. The molecule has 0 amide bonds. The predicted octanol–water partition coefficient (Wildman–Crippen LogP) is 3.77. The summed E-state index contributed by atoms with van der Waals surface area (Å²) in [5.74, 6) is -0.291. The Morgan fingerprint density at radius 1 is 1.50 bits per heavy atom. The van der Waals surface area contributed by atoms with Gasteiger partial charge in [0.05, 0.1) is 11.3 Å². The number of halogens is 1. The van der Waals surface area contributed by atoms with Crippen molar-refractivity contribution in [1.82, 2.24) is 0 Å². The minimum Gasteiger partial charge on any atom is -0.478 e. The number of aromatic carboxylic acids is 1. The van der Waals surface area contributed by atoms with Gasteiger partial charge in [0.15, 0.2) is 0 Å². The monoisotopic (exact) mass is 311 g/mol. The molecule has 1 aliphatic carbocycles. The molecule has 0 saturated heterocycles. The van der Waals surface area contributed by atoms with Crippen LogP contribution in [0.25, 0.3) is 0 Å². The minimum absolute atomic E-state index is 0.325. The maximum Gasteiger partial charge on any atom is 0.335 e. The van der Waals surface area contributed by atoms with Gasteiger partial charge in [-0.1, -0.05) is 13.8 Å². The number of carboxylic acids is 1. The van der Waals surface area contributed by atoms with Crippen molar-refractivity contribution in [2.24, 2.45) is 5.92 Å². The van der Waals surface area contributed by atoms with E-state index in [0.29, 0.717) is 17.5 Å². The van der Waals surface area contributed by atoms with Crippen molar-refractivity contribution < 1.29 is 9.90 Å². The molecule has 1 aliphatic rings. The molecule has 1 aromatic rings. The molecule has 3 nitrogen and oxygen atoms in total. The van der Waals surface area contributed by atoms with Crippen molar-refractivity contribution in [3.63, 3.8) is 0 Å². The SMILES string of the molecule is CC(C)CN(c1ccc(C(=O)O)cc1Br)C1CC1. The molecule has 0 aromatic heterocycles. The molecule has 0 bridgehead atoms. The van der Waals surface area contributed by atoms with Crippen LogP contribution in [0.15, 0.2) is 22.7 Å². The molecular formula is C14H18BrNO2. The van der Waals surface area contributed by atoms with Crippen molar-refractivity contribution in [2.75, 3.05) is 11.4 Å². The number of hydrogen-bond acceptors (Lipinski definition) is 2. The summed E-state index contributed by atoms with van der Waals surface area (Å²) in [6, 6.07) is 5.90. The van der Waals surface area contributed by atoms with Gasteiger partial charge in [-0.15, -0.1) is 0 Å². The van der Waals surface area contributed by atoms with Gasteiger partial charge in [0.2, 0.25) is 0 Å². The zero-order chi connectivity index (χ0) is 13.3. The van der Waals surface area contributed by atoms with Crippen molar-refractivity contribution >= 4 is 27.6 Å². The summed E-state index contributed by atoms with van der Waals surface area (Å²) in [5, 5.41) is 8.97. The van der Waals surface area contributed by atoms with Crippen LogP contribution in [0.4, 0.5) is 5.69 Å². The normalized spacial score (nSPS) is 14.9. The summed E-state index contributed by atoms with van der Waals surface area (Å²) in [4.78, 5) is 13.3. The average Bonchev–Trinajstić information content (AvgIpc) is 3.09. The number of nitrogens with zero attached hydrogens (tertiary/aromatic N) is 1. The Kier molecular flexibility index (Phi) is 3.95. The summed E-state index contributed by atoms with van der Waals surface area (Å²) in [7, 11) is 0. The predicted molar refractivity (Wildman–Crippen MR) is 76.3 cm³/mol. The highest BCUT2D eigenvalue weighted by Crippen LogP contribution is 2.36. The van der Waals surface area contributed by atoms with E-state index in [2.05, 4.69) is 34.7 Å². The second kappa shape index (κ2) is 5.31. The summed E-state index contributed by atoms with van der Waals surface area (Å²) in [6.45, 7) is 5.42. The molecule has 98 valence electrons. The van der Waals surface area contributed by atoms with Gasteiger partial charge in [0.1, 0.15) is 0 Å². The van der Waals surface area contributed by atoms with E-state index in [-0.39, 0.29) is 0 Å². The van der Waals surface area contributed by atoms with E-state index in [0.717, 1.165) is 16.7 Å². The third-order valence-electron chi connectivity index (χ3n) is 3.05. The van der Waals surface area contributed by atoms with Crippen LogP contribution in [0.1, 0.15) is 37.0 Å². The standard InChI is InChI=1S/C14H18BrNO2/c1-9(2)8-16(11-4-5-11)13-6-3-10(14(17)18)7-12(13)15/h3,6-7,9,11H,4-5,8H2,1-2H3,(H,17,18). The fourth-order valence-corrected chi connectivity index (χ4v) is 2.70. The Morgan fingerprint density at radius 2 is 2.17 bits per heavy atom. The first kappa shape index (κ1) is 13.4. The number of hydrogen-bond donors (Lipinski definition) is 1. The van der Waals surface area contributed by atoms with E-state index in [4.69, 9.17) is 5.11 Å². The van der Waals surface area contributed by atoms with Crippen LogP contribution in [0.2, 0.25) is 0 Å². The van der Waals surface area contributed by atoms with Gasteiger partial charge < -0.3 is 10.0 Å². The lowest BCUT2D eigenvalue weighted by Crippen LogP contribution is -2.30. The molecule has 0 heterocycles. The molecule has 0 spiro atoms. The number of benzene rings is 1. The van der Waals surface area contributed by atoms with Crippen LogP contribution in [0.5, 0.6) is 0 Å². The highest BCUT2D eigenvalue weighted by atomic mass is 79.9. The maximum atomic E-state index is 10.9. The highest BCUT2D eigenvalue weighted by Gasteiger charge is 2.30. The number of anilines is 1. The second-order valence-corrected chi connectivity index (χ2v) is 6.10. The molecule has 2 rings (SSSR count). The molecule has 1 saturated carbocycles. The Labute approximate surface area is 116 Å². The van der Waals surface area contributed by atoms with Gasteiger partial charge in [0.25, 0.3) is 0 Å². The van der Waals surface area contributed by atoms with Crippen LogP contribution < -0.4 is 4.90 Å². The Hall–Kier alpha value is -1.03. The van der Waals surface area contributed by atoms with E-state index < -0.39 is 5.97 Å². The molecule has 0 aliphatic heterocycles. The summed E-state index contributed by atoms with van der Waals surface area (Å²) < 4.78 is 0.870. The smallest absolute Gasteiger partial charge is 0.335 e. The first-order chi connectivity index (χ1) is 8.49. The van der Waals surface area contributed by atoms with Crippen LogP contribution in [0, 0.1) is 5.92 Å². The van der Waals surface area contributed by atoms with Gasteiger partial charge in [-0.25, -0.2) is 4.79 Å². The molecule has 0 unspecified atom stereocenters. The molecule has 1 fully saturated rings. The lowest BCUT2D eigenvalue weighted by atomic mass is 10.1. The van der Waals surface area contributed by atoms with E-state index in [1.165, 1.54) is 12.8 Å². The molecule has 1 N–H and O–H groups in total. The van der Waals surface area contributed by atoms with Crippen LogP contribution in [-0.4, -0.2) is 23.7 Å². The van der Waals surface area contributed by atoms with Crippen molar-refractivity contribution in [3.8, 4) is 0 Å². The van der Waals surface area contributed by atoms with Crippen LogP contribution in [0.3, 0.4) is 0 Å². The third-order valence-corrected chi connectivity index (χ3v) is 3.69. The Balaban J connectivity index is 2.27. The van der Waals surface area contributed by atoms with Gasteiger partial charge in [-0.2, -0.15) is 0 Å². The molecule has 18 heavy (non-hydrogen) atoms. The topological polar surface area (TPSA) is 40.5 Å². The van der Waals surface area contributed by atoms with E-state index in [9.17, 15) is 4.79 Å². The van der Waals surface area contributed by atoms with Gasteiger partial charge in [-0.05, 0) is 52.9 Å². The summed E-state index contributed by atoms with van der Waals surface area (Å²) in [5.41, 5.74) is 1.43. The van der Waals surface area contributed by atoms with E-state index in [1.807, 2.05) is 6.07 Å². The molecular weight excluding hydrogens is 294 g/mol. The zero-order valence-electron chi connectivity index (χ0n) is 10.7. The van der Waals surface area contributed by atoms with E-state index >= 15 is 0 Å². The van der Waals surface area contributed by atoms with E-state index in [1.54, 1.807) is 12.1 Å². The lowest BCUT2D eigenvalue weighted by Gasteiger charge is -2.27. The Bertz CT molecular complexity index is 455. The third kappa shape index (κ3) is 3.05. The van der Waals surface area contributed by atoms with Gasteiger partial charge in [-0.3, -0.25) is 0 Å². The average molecular weight is 312 g/mol. The van der Waals surface area contributed by atoms with Gasteiger partial charge in [0, 0.05) is 17.1 Å². The zero-order valence-corrected chi connectivity index (χ0v) is 12.3. The first-order valence-electron chi connectivity index (χ1n) is 6.28. The molecule has 1 aromatic carbocycles. The number of carbonyl (C=O) groups is 1. The highest BCUT2D eigenvalue weighted by molar-refractivity contribution is 9.10. The molecule has 0 atom stereocenters. The van der Waals surface area contributed by atoms with Crippen LogP contribution in [-0.2, 0) is 0 Å². The largest absolute Gasteiger partial charge is 0.478 e. The maximum absolute atomic E-state index is 10.9. The first-order valence-corrected chi connectivity index (χ1v) is 7.08. The number of carboxylic acid groups (broad SMARTS) is 1. The van der Waals surface area contributed by atoms with Gasteiger partial charge >= 0.3 is 5.97 Å². The summed E-state index contributed by atoms with van der Waals surface area (Å²) >= 11 is 3.50. The Morgan fingerprint density at radius 3 is 2.61 bits per heavy atom. The molecule has 4 heteroatoms. The van der Waals surface area contributed by atoms with Crippen molar-refractivity contribution in [3.05, 3.63) is 28.2 Å². The van der Waals surface area contributed by atoms with Crippen molar-refractivity contribution in [2.45, 2.75) is 32.7 Å². The molecule has 0 radical (unpaired) electrons. The fourth-order valence-electron chi connectivity index (χ4n) is 2.10. The fraction of sp³-hybridized carbons (Fsp3) is 0.500. The van der Waals surface area contributed by atoms with Crippen LogP contribution >= 0.6 is 15.9 Å². The second-order valence-electron chi connectivity index (χ2n) is 5.25. The van der Waals surface area contributed by atoms with Crippen molar-refractivity contribution in [1.29, 1.82) is 0 Å². The lowest BCUT2D eigenvalue weighted by molar-refractivity contribution is 0.0697. The quantitative estimate of drug-likeness (QED) is 0.899. The summed E-state index contributed by atoms with van der Waals surface area (Å²) in [6.07, 6.45) is 2.47.